The van der Waals surface area contributed by atoms with E-state index in [9.17, 15) is 0 Å². The molecule has 1 heterocycles. The van der Waals surface area contributed by atoms with Gasteiger partial charge < -0.3 is 5.32 Å². The smallest absolute Gasteiger partial charge is 0.0369 e. The second-order valence-corrected chi connectivity index (χ2v) is 5.14. The fourth-order valence-corrected chi connectivity index (χ4v) is 2.70. The zero-order valence-electron chi connectivity index (χ0n) is 10.4. The van der Waals surface area contributed by atoms with E-state index in [-0.39, 0.29) is 0 Å². The van der Waals surface area contributed by atoms with Crippen molar-refractivity contribution in [3.8, 4) is 0 Å². The van der Waals surface area contributed by atoms with Crippen LogP contribution in [0.5, 0.6) is 0 Å². The van der Waals surface area contributed by atoms with E-state index in [2.05, 4.69) is 60.3 Å². The van der Waals surface area contributed by atoms with Crippen LogP contribution in [0.25, 0.3) is 0 Å². The zero-order chi connectivity index (χ0) is 12.1. The van der Waals surface area contributed by atoms with Crippen molar-refractivity contribution in [2.75, 3.05) is 6.54 Å². The molecule has 0 saturated carbocycles. The molecular formula is C15H19NS. The summed E-state index contributed by atoms with van der Waals surface area (Å²) < 4.78 is 0. The Morgan fingerprint density at radius 2 is 1.94 bits per heavy atom. The van der Waals surface area contributed by atoms with Crippen LogP contribution in [0.3, 0.4) is 0 Å². The van der Waals surface area contributed by atoms with Crippen LogP contribution in [0, 0.1) is 6.92 Å². The van der Waals surface area contributed by atoms with Gasteiger partial charge in [-0.25, -0.2) is 0 Å². The van der Waals surface area contributed by atoms with E-state index in [4.69, 9.17) is 0 Å². The van der Waals surface area contributed by atoms with Gasteiger partial charge in [0.05, 0.1) is 0 Å². The Bertz CT molecular complexity index is 430. The first kappa shape index (κ1) is 12.3. The molecule has 1 aromatic carbocycles. The highest BCUT2D eigenvalue weighted by Gasteiger charge is 2.11. The molecule has 1 N–H and O–H groups in total. The minimum absolute atomic E-state index is 0.439. The summed E-state index contributed by atoms with van der Waals surface area (Å²) >= 11 is 1.77. The largest absolute Gasteiger partial charge is 0.310 e. The summed E-state index contributed by atoms with van der Waals surface area (Å²) in [7, 11) is 0. The molecule has 0 amide bonds. The average molecular weight is 245 g/mol. The molecular weight excluding hydrogens is 226 g/mol. The van der Waals surface area contributed by atoms with Crippen molar-refractivity contribution in [2.45, 2.75) is 26.3 Å². The fraction of sp³-hybridized carbons (Fsp3) is 0.333. The van der Waals surface area contributed by atoms with Crippen molar-refractivity contribution in [1.82, 2.24) is 5.32 Å². The zero-order valence-corrected chi connectivity index (χ0v) is 11.3. The number of hydrogen-bond donors (Lipinski definition) is 1. The number of aryl methyl sites for hydroxylation is 1. The molecule has 90 valence electrons. The third-order valence-electron chi connectivity index (χ3n) is 2.96. The molecule has 1 nitrogen and oxygen atoms in total. The molecule has 17 heavy (non-hydrogen) atoms. The van der Waals surface area contributed by atoms with Crippen LogP contribution < -0.4 is 5.32 Å². The third-order valence-corrected chi connectivity index (χ3v) is 3.66. The first-order valence-electron chi connectivity index (χ1n) is 6.10. The summed E-state index contributed by atoms with van der Waals surface area (Å²) in [6, 6.07) is 11.5. The lowest BCUT2D eigenvalue weighted by atomic mass is 10.0. The molecule has 1 atom stereocenters. The standard InChI is InChI=1S/C15H19NS/c1-3-16-15(14-8-9-17-11-14)10-13-6-4-12(2)5-7-13/h4-9,11,15-16H,3,10H2,1-2H3. The highest BCUT2D eigenvalue weighted by molar-refractivity contribution is 7.07. The van der Waals surface area contributed by atoms with Crippen molar-refractivity contribution in [1.29, 1.82) is 0 Å². The Balaban J connectivity index is 2.10. The van der Waals surface area contributed by atoms with Crippen molar-refractivity contribution in [2.24, 2.45) is 0 Å². The van der Waals surface area contributed by atoms with Crippen molar-refractivity contribution in [3.05, 3.63) is 57.8 Å². The normalized spacial score (nSPS) is 12.6. The monoisotopic (exact) mass is 245 g/mol. The van der Waals surface area contributed by atoms with E-state index in [1.54, 1.807) is 11.3 Å². The minimum Gasteiger partial charge on any atom is -0.310 e. The van der Waals surface area contributed by atoms with Gasteiger partial charge >= 0.3 is 0 Å². The van der Waals surface area contributed by atoms with Gasteiger partial charge in [-0.15, -0.1) is 0 Å². The van der Waals surface area contributed by atoms with Crippen molar-refractivity contribution < 1.29 is 0 Å². The van der Waals surface area contributed by atoms with E-state index in [0.29, 0.717) is 6.04 Å². The number of likely N-dealkylation sites (N-methyl/N-ethyl adjacent to an activating group) is 1. The van der Waals surface area contributed by atoms with Gasteiger partial charge in [0.25, 0.3) is 0 Å². The summed E-state index contributed by atoms with van der Waals surface area (Å²) in [5.74, 6) is 0. The Morgan fingerprint density at radius 3 is 2.53 bits per heavy atom. The fourth-order valence-electron chi connectivity index (χ4n) is 1.99. The molecule has 2 rings (SSSR count). The number of nitrogens with one attached hydrogen (secondary N) is 1. The average Bonchev–Trinajstić information content (AvgIpc) is 2.85. The highest BCUT2D eigenvalue weighted by atomic mass is 32.1. The molecule has 0 spiro atoms. The summed E-state index contributed by atoms with van der Waals surface area (Å²) in [5.41, 5.74) is 4.12. The van der Waals surface area contributed by atoms with Crippen LogP contribution in [0.15, 0.2) is 41.1 Å². The summed E-state index contributed by atoms with van der Waals surface area (Å²) in [6.45, 7) is 5.30. The first-order valence-corrected chi connectivity index (χ1v) is 7.05. The lowest BCUT2D eigenvalue weighted by Gasteiger charge is -2.17. The van der Waals surface area contributed by atoms with E-state index in [1.165, 1.54) is 16.7 Å². The predicted octanol–water partition coefficient (Wildman–Crippen LogP) is 3.95. The van der Waals surface area contributed by atoms with E-state index in [1.807, 2.05) is 0 Å². The maximum absolute atomic E-state index is 3.55. The van der Waals surface area contributed by atoms with Crippen LogP contribution in [0.2, 0.25) is 0 Å². The molecule has 0 fully saturated rings. The lowest BCUT2D eigenvalue weighted by Crippen LogP contribution is -2.22. The SMILES string of the molecule is CCNC(Cc1ccc(C)cc1)c1ccsc1. The van der Waals surface area contributed by atoms with Crippen LogP contribution in [-0.2, 0) is 6.42 Å². The van der Waals surface area contributed by atoms with Gasteiger partial charge in [0.15, 0.2) is 0 Å². The van der Waals surface area contributed by atoms with Gasteiger partial charge in [0.1, 0.15) is 0 Å². The molecule has 0 aliphatic carbocycles. The molecule has 1 unspecified atom stereocenters. The number of thiophene rings is 1. The van der Waals surface area contributed by atoms with E-state index in [0.717, 1.165) is 13.0 Å². The molecule has 0 bridgehead atoms. The van der Waals surface area contributed by atoms with E-state index < -0.39 is 0 Å². The topological polar surface area (TPSA) is 12.0 Å². The van der Waals surface area contributed by atoms with Gasteiger partial charge in [-0.2, -0.15) is 11.3 Å². The van der Waals surface area contributed by atoms with Crippen molar-refractivity contribution >= 4 is 11.3 Å². The van der Waals surface area contributed by atoms with Gasteiger partial charge in [-0.3, -0.25) is 0 Å². The molecule has 0 radical (unpaired) electrons. The van der Waals surface area contributed by atoms with Crippen molar-refractivity contribution in [3.63, 3.8) is 0 Å². The maximum Gasteiger partial charge on any atom is 0.0369 e. The second-order valence-electron chi connectivity index (χ2n) is 4.36. The summed E-state index contributed by atoms with van der Waals surface area (Å²) in [6.07, 6.45) is 1.06. The van der Waals surface area contributed by atoms with E-state index >= 15 is 0 Å². The number of hydrogen-bond acceptors (Lipinski definition) is 2. The second kappa shape index (κ2) is 5.99. The first-order chi connectivity index (χ1) is 8.29. The molecule has 1 aromatic heterocycles. The minimum atomic E-state index is 0.439. The third kappa shape index (κ3) is 3.42. The Morgan fingerprint density at radius 1 is 1.18 bits per heavy atom. The van der Waals surface area contributed by atoms with Crippen LogP contribution >= 0.6 is 11.3 Å². The van der Waals surface area contributed by atoms with Gasteiger partial charge in [-0.1, -0.05) is 36.8 Å². The Hall–Kier alpha value is -1.12. The molecule has 0 aliphatic rings. The Labute approximate surface area is 108 Å². The van der Waals surface area contributed by atoms with Crippen LogP contribution in [0.4, 0.5) is 0 Å². The van der Waals surface area contributed by atoms with Gasteiger partial charge in [0, 0.05) is 6.04 Å². The maximum atomic E-state index is 3.55. The van der Waals surface area contributed by atoms with Crippen LogP contribution in [-0.4, -0.2) is 6.54 Å². The lowest BCUT2D eigenvalue weighted by molar-refractivity contribution is 0.551. The molecule has 2 heteroatoms. The summed E-state index contributed by atoms with van der Waals surface area (Å²) in [5, 5.41) is 7.94. The molecule has 0 aliphatic heterocycles. The Kier molecular flexibility index (Phi) is 4.35. The highest BCUT2D eigenvalue weighted by Crippen LogP contribution is 2.21. The molecule has 2 aromatic rings. The molecule has 0 saturated heterocycles. The number of benzene rings is 1. The quantitative estimate of drug-likeness (QED) is 0.841. The number of rotatable bonds is 5. The van der Waals surface area contributed by atoms with Gasteiger partial charge in [0.2, 0.25) is 0 Å². The van der Waals surface area contributed by atoms with Gasteiger partial charge in [-0.05, 0) is 47.8 Å². The van der Waals surface area contributed by atoms with Crippen LogP contribution in [0.1, 0.15) is 29.7 Å². The summed E-state index contributed by atoms with van der Waals surface area (Å²) in [4.78, 5) is 0. The predicted molar refractivity (Wildman–Crippen MR) is 75.6 cm³/mol.